The monoisotopic (exact) mass is 412 g/mol. The van der Waals surface area contributed by atoms with Gasteiger partial charge in [0.2, 0.25) is 0 Å². The fourth-order valence-electron chi connectivity index (χ4n) is 2.98. The third kappa shape index (κ3) is 3.82. The van der Waals surface area contributed by atoms with Crippen LogP contribution in [0.5, 0.6) is 0 Å². The van der Waals surface area contributed by atoms with Crippen LogP contribution in [0.15, 0.2) is 34.9 Å². The summed E-state index contributed by atoms with van der Waals surface area (Å²) in [5.74, 6) is 0.0820. The Morgan fingerprint density at radius 3 is 2.71 bits per heavy atom. The fourth-order valence-corrected chi connectivity index (χ4v) is 3.25. The molecule has 1 aromatic carbocycles. The van der Waals surface area contributed by atoms with E-state index in [4.69, 9.17) is 0 Å². The maximum Gasteiger partial charge on any atom is 0.257 e. The second kappa shape index (κ2) is 8.14. The summed E-state index contributed by atoms with van der Waals surface area (Å²) in [6.45, 7) is 6.49. The number of hydrogen-bond acceptors (Lipinski definition) is 3. The van der Waals surface area contributed by atoms with E-state index in [2.05, 4.69) is 40.2 Å². The van der Waals surface area contributed by atoms with Crippen LogP contribution in [-0.2, 0) is 6.42 Å². The molecule has 2 heterocycles. The van der Waals surface area contributed by atoms with Crippen molar-refractivity contribution in [3.8, 4) is 5.69 Å². The minimum atomic E-state index is 0. The summed E-state index contributed by atoms with van der Waals surface area (Å²) in [6, 6.07) is 8.29. The van der Waals surface area contributed by atoms with Crippen LogP contribution in [-0.4, -0.2) is 46.3 Å². The maximum atomic E-state index is 12.9. The lowest BCUT2D eigenvalue weighted by atomic mass is 10.1. The van der Waals surface area contributed by atoms with Crippen LogP contribution in [0.4, 0.5) is 0 Å². The van der Waals surface area contributed by atoms with Crippen molar-refractivity contribution < 1.29 is 4.79 Å². The molecule has 7 heteroatoms. The highest BCUT2D eigenvalue weighted by molar-refractivity contribution is 9.10. The number of carbonyl (C=O) groups is 1. The first-order valence-corrected chi connectivity index (χ1v) is 8.75. The minimum Gasteiger partial charge on any atom is -0.336 e. The number of hydrogen-bond donors (Lipinski definition) is 1. The Morgan fingerprint density at radius 2 is 2.08 bits per heavy atom. The molecule has 24 heavy (non-hydrogen) atoms. The van der Waals surface area contributed by atoms with Crippen molar-refractivity contribution in [1.29, 1.82) is 0 Å². The number of benzene rings is 1. The average Bonchev–Trinajstić information content (AvgIpc) is 2.98. The van der Waals surface area contributed by atoms with Gasteiger partial charge >= 0.3 is 0 Å². The molecule has 1 saturated heterocycles. The third-order valence-corrected chi connectivity index (χ3v) is 4.69. The molecule has 0 aliphatic carbocycles. The summed E-state index contributed by atoms with van der Waals surface area (Å²) in [6.07, 6.45) is 2.47. The fraction of sp³-hybridized carbons (Fsp3) is 0.412. The van der Waals surface area contributed by atoms with Gasteiger partial charge in [0.1, 0.15) is 0 Å². The van der Waals surface area contributed by atoms with Gasteiger partial charge in [0.05, 0.1) is 23.1 Å². The number of carbonyl (C=O) groups excluding carboxylic acids is 1. The zero-order valence-corrected chi connectivity index (χ0v) is 16.2. The normalized spacial score (nSPS) is 17.5. The number of piperazine rings is 1. The van der Waals surface area contributed by atoms with Gasteiger partial charge in [-0.05, 0) is 37.6 Å². The van der Waals surface area contributed by atoms with Gasteiger partial charge in [0, 0.05) is 30.1 Å². The zero-order valence-electron chi connectivity index (χ0n) is 13.8. The first-order valence-electron chi connectivity index (χ1n) is 7.95. The summed E-state index contributed by atoms with van der Waals surface area (Å²) in [4.78, 5) is 14.8. The van der Waals surface area contributed by atoms with Crippen molar-refractivity contribution in [3.63, 3.8) is 0 Å². The van der Waals surface area contributed by atoms with Gasteiger partial charge in [-0.15, -0.1) is 12.4 Å². The lowest BCUT2D eigenvalue weighted by molar-refractivity contribution is 0.0708. The van der Waals surface area contributed by atoms with Gasteiger partial charge < -0.3 is 10.2 Å². The van der Waals surface area contributed by atoms with E-state index in [9.17, 15) is 4.79 Å². The molecule has 1 aliphatic heterocycles. The Bertz CT molecular complexity index is 701. The molecule has 3 rings (SSSR count). The lowest BCUT2D eigenvalue weighted by Gasteiger charge is -2.31. The van der Waals surface area contributed by atoms with E-state index in [1.807, 2.05) is 33.8 Å². The van der Waals surface area contributed by atoms with E-state index < -0.39 is 0 Å². The molecular formula is C17H22BrClN4O. The average molecular weight is 414 g/mol. The molecule has 0 bridgehead atoms. The Hall–Kier alpha value is -1.37. The molecule has 0 radical (unpaired) electrons. The van der Waals surface area contributed by atoms with Crippen molar-refractivity contribution in [3.05, 3.63) is 46.2 Å². The lowest BCUT2D eigenvalue weighted by Crippen LogP contribution is -2.51. The minimum absolute atomic E-state index is 0. The third-order valence-electron chi connectivity index (χ3n) is 4.16. The van der Waals surface area contributed by atoms with E-state index in [0.717, 1.165) is 41.9 Å². The Balaban J connectivity index is 0.00000208. The van der Waals surface area contributed by atoms with Gasteiger partial charge in [-0.2, -0.15) is 5.10 Å². The van der Waals surface area contributed by atoms with Gasteiger partial charge in [-0.3, -0.25) is 4.79 Å². The van der Waals surface area contributed by atoms with E-state index >= 15 is 0 Å². The first kappa shape index (κ1) is 19.0. The quantitative estimate of drug-likeness (QED) is 0.841. The topological polar surface area (TPSA) is 50.2 Å². The maximum absolute atomic E-state index is 12.9. The number of amides is 1. The van der Waals surface area contributed by atoms with Gasteiger partial charge in [-0.25, -0.2) is 4.68 Å². The van der Waals surface area contributed by atoms with Gasteiger partial charge in [0.25, 0.3) is 5.91 Å². The highest BCUT2D eigenvalue weighted by Gasteiger charge is 2.25. The first-order chi connectivity index (χ1) is 11.1. The molecule has 5 nitrogen and oxygen atoms in total. The van der Waals surface area contributed by atoms with Crippen LogP contribution in [0, 0.1) is 0 Å². The van der Waals surface area contributed by atoms with E-state index in [0.29, 0.717) is 11.6 Å². The molecular weight excluding hydrogens is 392 g/mol. The molecule has 2 aromatic rings. The highest BCUT2D eigenvalue weighted by atomic mass is 79.9. The second-order valence-corrected chi connectivity index (χ2v) is 6.77. The number of nitrogens with zero attached hydrogens (tertiary/aromatic N) is 3. The largest absolute Gasteiger partial charge is 0.336 e. The molecule has 0 spiro atoms. The van der Waals surface area contributed by atoms with Gasteiger partial charge in [0.15, 0.2) is 0 Å². The van der Waals surface area contributed by atoms with E-state index in [-0.39, 0.29) is 18.3 Å². The smallest absolute Gasteiger partial charge is 0.257 e. The predicted molar refractivity (Wildman–Crippen MR) is 101 cm³/mol. The Kier molecular flexibility index (Phi) is 6.43. The van der Waals surface area contributed by atoms with Crippen LogP contribution < -0.4 is 5.32 Å². The molecule has 0 saturated carbocycles. The molecule has 1 aromatic heterocycles. The number of rotatable bonds is 3. The molecule has 1 N–H and O–H groups in total. The van der Waals surface area contributed by atoms with Crippen LogP contribution >= 0.6 is 28.3 Å². The molecule has 1 amide bonds. The molecule has 1 fully saturated rings. The SMILES string of the molecule is CCc1c(C(=O)N2CCNC(C)C2)cnn1-c1ccc(Br)cc1.Cl. The standard InChI is InChI=1S/C17H21BrN4O.ClH/c1-3-16-15(17(23)21-9-8-19-12(2)11-21)10-20-22(16)14-6-4-13(18)5-7-14;/h4-7,10,12,19H,3,8-9,11H2,1-2H3;1H. The van der Waals surface area contributed by atoms with Crippen molar-refractivity contribution in [2.45, 2.75) is 26.3 Å². The van der Waals surface area contributed by atoms with Crippen molar-refractivity contribution in [1.82, 2.24) is 20.0 Å². The number of nitrogens with one attached hydrogen (secondary N) is 1. The van der Waals surface area contributed by atoms with E-state index in [1.54, 1.807) is 6.20 Å². The predicted octanol–water partition coefficient (Wildman–Crippen LogP) is 3.05. The van der Waals surface area contributed by atoms with Crippen LogP contribution in [0.25, 0.3) is 5.69 Å². The molecule has 1 atom stereocenters. The highest BCUT2D eigenvalue weighted by Crippen LogP contribution is 2.20. The van der Waals surface area contributed by atoms with Crippen molar-refractivity contribution >= 4 is 34.2 Å². The molecule has 1 unspecified atom stereocenters. The Morgan fingerprint density at radius 1 is 1.38 bits per heavy atom. The summed E-state index contributed by atoms with van der Waals surface area (Å²) in [5, 5.41) is 7.82. The summed E-state index contributed by atoms with van der Waals surface area (Å²) in [7, 11) is 0. The summed E-state index contributed by atoms with van der Waals surface area (Å²) >= 11 is 3.44. The zero-order chi connectivity index (χ0) is 16.4. The van der Waals surface area contributed by atoms with Crippen molar-refractivity contribution in [2.75, 3.05) is 19.6 Å². The summed E-state index contributed by atoms with van der Waals surface area (Å²) in [5.41, 5.74) is 2.64. The molecule has 1 aliphatic rings. The molecule has 130 valence electrons. The second-order valence-electron chi connectivity index (χ2n) is 5.85. The van der Waals surface area contributed by atoms with Crippen molar-refractivity contribution in [2.24, 2.45) is 0 Å². The summed E-state index contributed by atoms with van der Waals surface area (Å²) < 4.78 is 2.89. The van der Waals surface area contributed by atoms with Crippen LogP contribution in [0.2, 0.25) is 0 Å². The van der Waals surface area contributed by atoms with E-state index in [1.165, 1.54) is 0 Å². The Labute approximate surface area is 157 Å². The number of aromatic nitrogens is 2. The number of halogens is 2. The van der Waals surface area contributed by atoms with Gasteiger partial charge in [-0.1, -0.05) is 22.9 Å². The van der Waals surface area contributed by atoms with Crippen LogP contribution in [0.1, 0.15) is 29.9 Å². The van der Waals surface area contributed by atoms with Crippen LogP contribution in [0.3, 0.4) is 0 Å².